The summed E-state index contributed by atoms with van der Waals surface area (Å²) in [4.78, 5) is 24.1. The van der Waals surface area contributed by atoms with E-state index in [2.05, 4.69) is 6.92 Å². The third-order valence-electron chi connectivity index (χ3n) is 2.65. The van der Waals surface area contributed by atoms with Crippen molar-refractivity contribution in [3.63, 3.8) is 0 Å². The van der Waals surface area contributed by atoms with Crippen molar-refractivity contribution in [3.05, 3.63) is 11.1 Å². The fourth-order valence-corrected chi connectivity index (χ4v) is 1.31. The summed E-state index contributed by atoms with van der Waals surface area (Å²) in [6, 6.07) is 0. The van der Waals surface area contributed by atoms with E-state index in [1.807, 2.05) is 0 Å². The number of hydrogen-bond acceptors (Lipinski definition) is 2. The topological polar surface area (TPSA) is 57.6 Å². The van der Waals surface area contributed by atoms with Gasteiger partial charge in [-0.1, -0.05) is 19.8 Å². The van der Waals surface area contributed by atoms with Gasteiger partial charge in [-0.2, -0.15) is 0 Å². The van der Waals surface area contributed by atoms with E-state index in [9.17, 15) is 9.59 Å². The number of aliphatic carboxylic acids is 1. The number of amides is 1. The monoisotopic (exact) mass is 227 g/mol. The molecule has 1 N–H and O–H groups in total. The molecule has 4 heteroatoms. The molecule has 0 heterocycles. The molecule has 0 aliphatic heterocycles. The van der Waals surface area contributed by atoms with Gasteiger partial charge in [-0.3, -0.25) is 4.79 Å². The number of carboxylic acid groups (broad SMARTS) is 1. The zero-order valence-electron chi connectivity index (χ0n) is 10.5. The van der Waals surface area contributed by atoms with E-state index in [0.29, 0.717) is 12.1 Å². The largest absolute Gasteiger partial charge is 0.478 e. The Balaban J connectivity index is 4.44. The Morgan fingerprint density at radius 1 is 1.12 bits per heavy atom. The lowest BCUT2D eigenvalue weighted by atomic mass is 10.1. The molecule has 0 saturated heterocycles. The fraction of sp³-hybridized carbons (Fsp3) is 0.667. The van der Waals surface area contributed by atoms with Crippen LogP contribution in [0.5, 0.6) is 0 Å². The lowest BCUT2D eigenvalue weighted by molar-refractivity contribution is -0.133. The highest BCUT2D eigenvalue weighted by Gasteiger charge is 2.15. The van der Waals surface area contributed by atoms with Gasteiger partial charge in [-0.15, -0.1) is 0 Å². The Hall–Kier alpha value is -1.32. The van der Waals surface area contributed by atoms with Crippen molar-refractivity contribution in [2.75, 3.05) is 13.6 Å². The molecule has 0 atom stereocenters. The Bertz CT molecular complexity index is 295. The van der Waals surface area contributed by atoms with Crippen molar-refractivity contribution in [2.24, 2.45) is 0 Å². The molecular formula is C12H21NO3. The number of rotatable bonds is 6. The number of carbonyl (C=O) groups excluding carboxylic acids is 1. The first-order chi connectivity index (χ1) is 7.41. The first-order valence-electron chi connectivity index (χ1n) is 5.58. The maximum Gasteiger partial charge on any atom is 0.331 e. The number of hydrogen-bond donors (Lipinski definition) is 1. The molecule has 0 bridgehead atoms. The van der Waals surface area contributed by atoms with E-state index < -0.39 is 5.97 Å². The van der Waals surface area contributed by atoms with Crippen LogP contribution in [0.2, 0.25) is 0 Å². The predicted octanol–water partition coefficient (Wildman–Crippen LogP) is 2.06. The lowest BCUT2D eigenvalue weighted by Gasteiger charge is -2.17. The smallest absolute Gasteiger partial charge is 0.331 e. The first-order valence-corrected chi connectivity index (χ1v) is 5.58. The van der Waals surface area contributed by atoms with Crippen molar-refractivity contribution in [2.45, 2.75) is 40.0 Å². The highest BCUT2D eigenvalue weighted by Crippen LogP contribution is 2.08. The van der Waals surface area contributed by atoms with Gasteiger partial charge in [0.15, 0.2) is 0 Å². The normalized spacial score (nSPS) is 12.0. The molecule has 0 aromatic rings. The summed E-state index contributed by atoms with van der Waals surface area (Å²) in [6.45, 7) is 5.79. The molecule has 1 amide bonds. The molecule has 0 aliphatic carbocycles. The molecule has 0 radical (unpaired) electrons. The number of carbonyl (C=O) groups is 2. The predicted molar refractivity (Wildman–Crippen MR) is 63.2 cm³/mol. The van der Waals surface area contributed by atoms with Crippen LogP contribution in [0.3, 0.4) is 0 Å². The summed E-state index contributed by atoms with van der Waals surface area (Å²) in [5.74, 6) is -1.23. The summed E-state index contributed by atoms with van der Waals surface area (Å²) in [7, 11) is 1.70. The van der Waals surface area contributed by atoms with Gasteiger partial charge in [-0.05, 0) is 20.3 Å². The summed E-state index contributed by atoms with van der Waals surface area (Å²) < 4.78 is 0. The minimum atomic E-state index is -1.03. The summed E-state index contributed by atoms with van der Waals surface area (Å²) in [5.41, 5.74) is 0.429. The van der Waals surface area contributed by atoms with Gasteiger partial charge >= 0.3 is 5.97 Å². The number of nitrogens with zero attached hydrogens (tertiary/aromatic N) is 1. The van der Waals surface area contributed by atoms with E-state index in [4.69, 9.17) is 5.11 Å². The van der Waals surface area contributed by atoms with Gasteiger partial charge in [0.2, 0.25) is 5.91 Å². The molecule has 0 rings (SSSR count). The van der Waals surface area contributed by atoms with E-state index in [0.717, 1.165) is 19.3 Å². The molecule has 0 unspecified atom stereocenters. The van der Waals surface area contributed by atoms with Crippen LogP contribution < -0.4 is 0 Å². The average molecular weight is 227 g/mol. The second-order valence-corrected chi connectivity index (χ2v) is 3.99. The van der Waals surface area contributed by atoms with Gasteiger partial charge in [-0.25, -0.2) is 4.79 Å². The van der Waals surface area contributed by atoms with Crippen LogP contribution in [0.25, 0.3) is 0 Å². The van der Waals surface area contributed by atoms with E-state index in [-0.39, 0.29) is 11.5 Å². The van der Waals surface area contributed by atoms with Crippen LogP contribution in [0.4, 0.5) is 0 Å². The lowest BCUT2D eigenvalue weighted by Crippen LogP contribution is -2.29. The van der Waals surface area contributed by atoms with Crippen molar-refractivity contribution in [1.82, 2.24) is 4.90 Å². The maximum absolute atomic E-state index is 11.8. The van der Waals surface area contributed by atoms with Crippen LogP contribution in [0.15, 0.2) is 11.1 Å². The van der Waals surface area contributed by atoms with Gasteiger partial charge in [0, 0.05) is 24.7 Å². The quantitative estimate of drug-likeness (QED) is 0.558. The fourth-order valence-electron chi connectivity index (χ4n) is 1.31. The van der Waals surface area contributed by atoms with Crippen LogP contribution in [-0.4, -0.2) is 35.5 Å². The second-order valence-electron chi connectivity index (χ2n) is 3.99. The number of likely N-dealkylation sites (N-methyl/N-ethyl adjacent to an activating group) is 1. The molecule has 16 heavy (non-hydrogen) atoms. The van der Waals surface area contributed by atoms with Crippen LogP contribution in [0.1, 0.15) is 40.0 Å². The Kier molecular flexibility index (Phi) is 6.46. The van der Waals surface area contributed by atoms with Crippen molar-refractivity contribution in [3.8, 4) is 0 Å². The van der Waals surface area contributed by atoms with Crippen LogP contribution in [-0.2, 0) is 9.59 Å². The van der Waals surface area contributed by atoms with E-state index in [1.165, 1.54) is 6.92 Å². The van der Waals surface area contributed by atoms with Gasteiger partial charge in [0.1, 0.15) is 0 Å². The summed E-state index contributed by atoms with van der Waals surface area (Å²) >= 11 is 0. The minimum absolute atomic E-state index is 0.118. The van der Waals surface area contributed by atoms with E-state index >= 15 is 0 Å². The van der Waals surface area contributed by atoms with Crippen LogP contribution >= 0.6 is 0 Å². The maximum atomic E-state index is 11.8. The first kappa shape index (κ1) is 14.7. The highest BCUT2D eigenvalue weighted by molar-refractivity contribution is 6.01. The molecule has 0 aromatic heterocycles. The Morgan fingerprint density at radius 3 is 2.12 bits per heavy atom. The summed E-state index contributed by atoms with van der Waals surface area (Å²) in [6.07, 6.45) is 3.14. The Morgan fingerprint density at radius 2 is 1.69 bits per heavy atom. The number of carboxylic acids is 1. The van der Waals surface area contributed by atoms with Crippen molar-refractivity contribution < 1.29 is 14.7 Å². The average Bonchev–Trinajstić information content (AvgIpc) is 2.26. The molecule has 0 aromatic carbocycles. The van der Waals surface area contributed by atoms with Gasteiger partial charge in [0.25, 0.3) is 0 Å². The minimum Gasteiger partial charge on any atom is -0.478 e. The second kappa shape index (κ2) is 7.04. The molecule has 0 aliphatic rings. The molecule has 92 valence electrons. The standard InChI is InChI=1S/C12H21NO3/c1-5-6-7-8-13(4)11(14)9(2)10(3)12(15)16/h5-8H2,1-4H3,(H,15,16). The van der Waals surface area contributed by atoms with Crippen LogP contribution in [0, 0.1) is 0 Å². The van der Waals surface area contributed by atoms with E-state index in [1.54, 1.807) is 18.9 Å². The molecular weight excluding hydrogens is 206 g/mol. The molecule has 0 spiro atoms. The third kappa shape index (κ3) is 4.47. The van der Waals surface area contributed by atoms with Gasteiger partial charge < -0.3 is 10.0 Å². The van der Waals surface area contributed by atoms with Crippen molar-refractivity contribution in [1.29, 1.82) is 0 Å². The third-order valence-corrected chi connectivity index (χ3v) is 2.65. The van der Waals surface area contributed by atoms with Gasteiger partial charge in [0.05, 0.1) is 0 Å². The molecule has 0 fully saturated rings. The SMILES string of the molecule is CCCCCN(C)C(=O)C(C)=C(C)C(=O)O. The van der Waals surface area contributed by atoms with Crippen molar-refractivity contribution >= 4 is 11.9 Å². The highest BCUT2D eigenvalue weighted by atomic mass is 16.4. The summed E-state index contributed by atoms with van der Waals surface area (Å²) in [5, 5.41) is 8.77. The zero-order chi connectivity index (χ0) is 12.7. The number of unbranched alkanes of at least 4 members (excludes halogenated alkanes) is 2. The molecule has 0 saturated carbocycles. The Labute approximate surface area is 96.9 Å². The molecule has 4 nitrogen and oxygen atoms in total. The zero-order valence-corrected chi connectivity index (χ0v) is 10.5.